The van der Waals surface area contributed by atoms with Gasteiger partial charge < -0.3 is 14.8 Å². The second kappa shape index (κ2) is 8.26. The van der Waals surface area contributed by atoms with Gasteiger partial charge in [-0.1, -0.05) is 18.2 Å². The number of carbonyl (C=O) groups is 3. The van der Waals surface area contributed by atoms with E-state index in [-0.39, 0.29) is 23.0 Å². The van der Waals surface area contributed by atoms with Crippen LogP contribution in [0.15, 0.2) is 48.5 Å². The molecule has 29 heavy (non-hydrogen) atoms. The minimum Gasteiger partial charge on any atom is -0.435 e. The van der Waals surface area contributed by atoms with Crippen LogP contribution in [0.2, 0.25) is 0 Å². The number of amides is 3. The summed E-state index contributed by atoms with van der Waals surface area (Å²) in [5.41, 5.74) is -0.0106. The molecular weight excluding hydrogens is 386 g/mol. The van der Waals surface area contributed by atoms with Gasteiger partial charge in [0, 0.05) is 0 Å². The Morgan fingerprint density at radius 2 is 1.83 bits per heavy atom. The second-order valence-corrected chi connectivity index (χ2v) is 6.68. The molecule has 3 rings (SSSR count). The number of ether oxygens (including phenoxy) is 2. The first-order valence-electron chi connectivity index (χ1n) is 8.75. The number of benzene rings is 2. The lowest BCUT2D eigenvalue weighted by Crippen LogP contribution is -2.43. The summed E-state index contributed by atoms with van der Waals surface area (Å²) in [4.78, 5) is 35.3. The fourth-order valence-electron chi connectivity index (χ4n) is 2.84. The molecule has 0 spiro atoms. The summed E-state index contributed by atoms with van der Waals surface area (Å²) in [6.45, 7) is -1.34. The number of hydrogen-bond acceptors (Lipinski definition) is 5. The molecule has 2 N–H and O–H groups in total. The molecule has 0 unspecified atom stereocenters. The van der Waals surface area contributed by atoms with Crippen LogP contribution in [0.25, 0.3) is 0 Å². The predicted molar refractivity (Wildman–Crippen MR) is 97.9 cm³/mol. The van der Waals surface area contributed by atoms with Crippen LogP contribution < -0.4 is 20.1 Å². The molecule has 3 amide bonds. The topological polar surface area (TPSA) is 93.7 Å². The summed E-state index contributed by atoms with van der Waals surface area (Å²) in [6.07, 6.45) is 0.923. The summed E-state index contributed by atoms with van der Waals surface area (Å²) in [7, 11) is 0. The highest BCUT2D eigenvalue weighted by Crippen LogP contribution is 2.21. The van der Waals surface area contributed by atoms with Gasteiger partial charge >= 0.3 is 18.6 Å². The standard InChI is InChI=1S/C20H18F2N2O5/c1-20(17(26)23-19(27)24-20)10-9-12-5-7-14(8-6-12)28-16(25)13-3-2-4-15(11-13)29-18(21)22/h2-8,11,18H,9-10H2,1H3,(H2,23,24,26,27)/t20-/m0/s1. The molecule has 0 bridgehead atoms. The molecule has 1 heterocycles. The molecule has 1 aliphatic heterocycles. The van der Waals surface area contributed by atoms with E-state index in [0.29, 0.717) is 12.8 Å². The number of imide groups is 1. The number of alkyl halides is 2. The van der Waals surface area contributed by atoms with Crippen LogP contribution in [0.3, 0.4) is 0 Å². The maximum absolute atomic E-state index is 12.3. The molecule has 2 aromatic rings. The lowest BCUT2D eigenvalue weighted by Gasteiger charge is -2.20. The first-order valence-corrected chi connectivity index (χ1v) is 8.75. The molecule has 1 saturated heterocycles. The van der Waals surface area contributed by atoms with Crippen LogP contribution in [0.5, 0.6) is 11.5 Å². The first kappa shape index (κ1) is 20.2. The zero-order chi connectivity index (χ0) is 21.0. The quantitative estimate of drug-likeness (QED) is 0.420. The van der Waals surface area contributed by atoms with Gasteiger partial charge in [-0.2, -0.15) is 8.78 Å². The second-order valence-electron chi connectivity index (χ2n) is 6.68. The zero-order valence-corrected chi connectivity index (χ0v) is 15.4. The summed E-state index contributed by atoms with van der Waals surface area (Å²) < 4.78 is 34.1. The third-order valence-corrected chi connectivity index (χ3v) is 4.46. The third-order valence-electron chi connectivity index (χ3n) is 4.46. The Morgan fingerprint density at radius 1 is 1.10 bits per heavy atom. The Bertz CT molecular complexity index is 933. The van der Waals surface area contributed by atoms with Crippen LogP contribution in [0.1, 0.15) is 29.3 Å². The van der Waals surface area contributed by atoms with Gasteiger partial charge in [-0.25, -0.2) is 9.59 Å². The zero-order valence-electron chi connectivity index (χ0n) is 15.4. The van der Waals surface area contributed by atoms with Crippen molar-refractivity contribution in [1.82, 2.24) is 10.6 Å². The van der Waals surface area contributed by atoms with E-state index in [1.807, 2.05) is 0 Å². The fourth-order valence-corrected chi connectivity index (χ4v) is 2.84. The Kier molecular flexibility index (Phi) is 5.76. The van der Waals surface area contributed by atoms with Gasteiger partial charge in [0.25, 0.3) is 5.91 Å². The third kappa shape index (κ3) is 5.07. The van der Waals surface area contributed by atoms with E-state index in [2.05, 4.69) is 15.4 Å². The van der Waals surface area contributed by atoms with Crippen molar-refractivity contribution in [2.24, 2.45) is 0 Å². The average molecular weight is 404 g/mol. The van der Waals surface area contributed by atoms with Crippen molar-refractivity contribution in [1.29, 1.82) is 0 Å². The van der Waals surface area contributed by atoms with Crippen LogP contribution in [-0.4, -0.2) is 30.1 Å². The van der Waals surface area contributed by atoms with E-state index in [4.69, 9.17) is 4.74 Å². The number of esters is 1. The van der Waals surface area contributed by atoms with E-state index in [1.165, 1.54) is 24.3 Å². The molecule has 0 radical (unpaired) electrons. The van der Waals surface area contributed by atoms with Crippen LogP contribution in [0, 0.1) is 0 Å². The predicted octanol–water partition coefficient (Wildman–Crippen LogP) is 3.04. The molecule has 1 aliphatic rings. The number of nitrogens with one attached hydrogen (secondary N) is 2. The van der Waals surface area contributed by atoms with Gasteiger partial charge in [-0.15, -0.1) is 0 Å². The number of carbonyl (C=O) groups excluding carboxylic acids is 3. The minimum atomic E-state index is -2.99. The van der Waals surface area contributed by atoms with Crippen molar-refractivity contribution in [3.63, 3.8) is 0 Å². The van der Waals surface area contributed by atoms with Crippen molar-refractivity contribution in [2.45, 2.75) is 31.9 Å². The van der Waals surface area contributed by atoms with Gasteiger partial charge in [0.15, 0.2) is 0 Å². The Balaban J connectivity index is 1.58. The molecule has 0 aromatic heterocycles. The van der Waals surface area contributed by atoms with Gasteiger partial charge in [0.2, 0.25) is 0 Å². The van der Waals surface area contributed by atoms with Crippen molar-refractivity contribution >= 4 is 17.9 Å². The summed E-state index contributed by atoms with van der Waals surface area (Å²) in [6, 6.07) is 11.4. The van der Waals surface area contributed by atoms with E-state index < -0.39 is 24.2 Å². The molecule has 0 saturated carbocycles. The molecule has 0 aliphatic carbocycles. The molecule has 2 aromatic carbocycles. The normalized spacial score (nSPS) is 18.3. The Hall–Kier alpha value is -3.49. The van der Waals surface area contributed by atoms with Crippen LogP contribution in [0.4, 0.5) is 13.6 Å². The highest BCUT2D eigenvalue weighted by molar-refractivity contribution is 6.06. The average Bonchev–Trinajstić information content (AvgIpc) is 2.93. The SMILES string of the molecule is C[C@@]1(CCc2ccc(OC(=O)c3cccc(OC(F)F)c3)cc2)NC(=O)NC1=O. The van der Waals surface area contributed by atoms with E-state index >= 15 is 0 Å². The first-order chi connectivity index (χ1) is 13.7. The van der Waals surface area contributed by atoms with Gasteiger partial charge in [0.05, 0.1) is 5.56 Å². The van der Waals surface area contributed by atoms with Crippen molar-refractivity contribution in [2.75, 3.05) is 0 Å². The monoisotopic (exact) mass is 404 g/mol. The molecule has 1 fully saturated rings. The van der Waals surface area contributed by atoms with E-state index in [0.717, 1.165) is 5.56 Å². The van der Waals surface area contributed by atoms with Crippen molar-refractivity contribution in [3.8, 4) is 11.5 Å². The largest absolute Gasteiger partial charge is 0.435 e. The van der Waals surface area contributed by atoms with E-state index in [9.17, 15) is 23.2 Å². The highest BCUT2D eigenvalue weighted by Gasteiger charge is 2.41. The molecule has 152 valence electrons. The smallest absolute Gasteiger partial charge is 0.387 e. The van der Waals surface area contributed by atoms with Crippen LogP contribution >= 0.6 is 0 Å². The summed E-state index contributed by atoms with van der Waals surface area (Å²) >= 11 is 0. The maximum Gasteiger partial charge on any atom is 0.387 e. The summed E-state index contributed by atoms with van der Waals surface area (Å²) in [5, 5.41) is 4.80. The fraction of sp³-hybridized carbons (Fsp3) is 0.250. The lowest BCUT2D eigenvalue weighted by atomic mass is 9.93. The van der Waals surface area contributed by atoms with Gasteiger partial charge in [-0.3, -0.25) is 10.1 Å². The summed E-state index contributed by atoms with van der Waals surface area (Å²) in [5.74, 6) is -0.945. The lowest BCUT2D eigenvalue weighted by molar-refractivity contribution is -0.123. The number of halogens is 2. The Morgan fingerprint density at radius 3 is 2.45 bits per heavy atom. The van der Waals surface area contributed by atoms with Crippen LogP contribution in [-0.2, 0) is 11.2 Å². The van der Waals surface area contributed by atoms with Gasteiger partial charge in [0.1, 0.15) is 17.0 Å². The molecule has 7 nitrogen and oxygen atoms in total. The van der Waals surface area contributed by atoms with Crippen molar-refractivity contribution < 1.29 is 32.6 Å². The number of urea groups is 1. The molecule has 9 heteroatoms. The van der Waals surface area contributed by atoms with Crippen molar-refractivity contribution in [3.05, 3.63) is 59.7 Å². The maximum atomic E-state index is 12.3. The Labute approximate surface area is 165 Å². The highest BCUT2D eigenvalue weighted by atomic mass is 19.3. The number of rotatable bonds is 7. The molecular formula is C20H18F2N2O5. The number of aryl methyl sites for hydroxylation is 1. The van der Waals surface area contributed by atoms with E-state index in [1.54, 1.807) is 31.2 Å². The minimum absolute atomic E-state index is 0.0724. The molecule has 1 atom stereocenters. The van der Waals surface area contributed by atoms with Gasteiger partial charge in [-0.05, 0) is 55.7 Å². The number of hydrogen-bond donors (Lipinski definition) is 2.